The molecule has 0 aromatic heterocycles. The van der Waals surface area contributed by atoms with Crippen LogP contribution in [0.25, 0.3) is 0 Å². The molecule has 1 N–H and O–H groups in total. The summed E-state index contributed by atoms with van der Waals surface area (Å²) in [6.45, 7) is 3.02. The third-order valence-electron chi connectivity index (χ3n) is 4.52. The maximum Gasteiger partial charge on any atom is 0.338 e. The number of methoxy groups -OCH3 is 1. The van der Waals surface area contributed by atoms with Crippen LogP contribution in [0.15, 0.2) is 60.7 Å². The van der Waals surface area contributed by atoms with Gasteiger partial charge in [-0.25, -0.2) is 4.79 Å². The second-order valence-electron chi connectivity index (χ2n) is 6.66. The van der Waals surface area contributed by atoms with Crippen LogP contribution in [0.1, 0.15) is 28.4 Å². The van der Waals surface area contributed by atoms with E-state index < -0.39 is 0 Å². The lowest BCUT2D eigenvalue weighted by atomic mass is 10.1. The molecular weight excluding hydrogens is 437 g/mol. The molecule has 0 atom stereocenters. The van der Waals surface area contributed by atoms with Crippen LogP contribution in [0, 0.1) is 0 Å². The van der Waals surface area contributed by atoms with Crippen LogP contribution in [0.4, 0.5) is 5.69 Å². The van der Waals surface area contributed by atoms with Crippen molar-refractivity contribution in [3.05, 3.63) is 87.4 Å². The Bertz CT molecular complexity index is 1040. The minimum atomic E-state index is -0.325. The lowest BCUT2D eigenvalue weighted by Crippen LogP contribution is -2.05. The molecule has 7 heteroatoms. The van der Waals surface area contributed by atoms with E-state index in [2.05, 4.69) is 5.32 Å². The number of hydrogen-bond donors (Lipinski definition) is 1. The van der Waals surface area contributed by atoms with Crippen LogP contribution >= 0.6 is 23.2 Å². The summed E-state index contributed by atoms with van der Waals surface area (Å²) in [4.78, 5) is 11.7. The normalized spacial score (nSPS) is 10.5. The zero-order chi connectivity index (χ0) is 22.2. The minimum Gasteiger partial charge on any atom is -0.493 e. The molecule has 0 bridgehead atoms. The maximum absolute atomic E-state index is 11.7. The molecule has 5 nitrogen and oxygen atoms in total. The fraction of sp³-hybridized carbons (Fsp3) is 0.208. The van der Waals surface area contributed by atoms with Gasteiger partial charge in [-0.1, -0.05) is 35.3 Å². The predicted octanol–water partition coefficient (Wildman–Crippen LogP) is 6.37. The van der Waals surface area contributed by atoms with Crippen molar-refractivity contribution in [2.45, 2.75) is 20.1 Å². The molecule has 0 aliphatic carbocycles. The van der Waals surface area contributed by atoms with Crippen molar-refractivity contribution in [1.29, 1.82) is 0 Å². The van der Waals surface area contributed by atoms with E-state index in [1.165, 1.54) is 0 Å². The molecule has 0 radical (unpaired) electrons. The van der Waals surface area contributed by atoms with E-state index in [0.717, 1.165) is 16.8 Å². The number of anilines is 1. The molecule has 0 aliphatic heterocycles. The summed E-state index contributed by atoms with van der Waals surface area (Å²) in [5.41, 5.74) is 3.27. The first-order valence-corrected chi connectivity index (χ1v) is 10.5. The summed E-state index contributed by atoms with van der Waals surface area (Å²) < 4.78 is 16.4. The van der Waals surface area contributed by atoms with Gasteiger partial charge in [-0.3, -0.25) is 0 Å². The van der Waals surface area contributed by atoms with Crippen molar-refractivity contribution in [2.75, 3.05) is 19.0 Å². The zero-order valence-electron chi connectivity index (χ0n) is 17.3. The molecule has 3 aromatic carbocycles. The van der Waals surface area contributed by atoms with Crippen LogP contribution in [0.3, 0.4) is 0 Å². The minimum absolute atomic E-state index is 0.302. The SMILES string of the molecule is CCOC(=O)c1ccc(NCc2ccc(OCc3ccc(Cl)cc3Cl)c(OC)c2)cc1. The summed E-state index contributed by atoms with van der Waals surface area (Å²) in [6.07, 6.45) is 0. The topological polar surface area (TPSA) is 56.8 Å². The quantitative estimate of drug-likeness (QED) is 0.376. The number of carbonyl (C=O) groups excluding carboxylic acids is 1. The van der Waals surface area contributed by atoms with Crippen molar-refractivity contribution >= 4 is 34.9 Å². The third kappa shape index (κ3) is 6.29. The smallest absolute Gasteiger partial charge is 0.338 e. The molecule has 162 valence electrons. The average molecular weight is 460 g/mol. The number of carbonyl (C=O) groups is 1. The molecule has 3 rings (SSSR count). The number of esters is 1. The highest BCUT2D eigenvalue weighted by atomic mass is 35.5. The van der Waals surface area contributed by atoms with Crippen molar-refractivity contribution in [3.63, 3.8) is 0 Å². The molecule has 31 heavy (non-hydrogen) atoms. The van der Waals surface area contributed by atoms with Crippen LogP contribution in [0.5, 0.6) is 11.5 Å². The van der Waals surface area contributed by atoms with Gasteiger partial charge < -0.3 is 19.5 Å². The predicted molar refractivity (Wildman–Crippen MR) is 124 cm³/mol. The van der Waals surface area contributed by atoms with Gasteiger partial charge in [0.2, 0.25) is 0 Å². The highest BCUT2D eigenvalue weighted by Crippen LogP contribution is 2.30. The Hall–Kier alpha value is -2.89. The van der Waals surface area contributed by atoms with E-state index in [1.807, 2.05) is 36.4 Å². The van der Waals surface area contributed by atoms with E-state index in [-0.39, 0.29) is 5.97 Å². The monoisotopic (exact) mass is 459 g/mol. The van der Waals surface area contributed by atoms with Gasteiger partial charge in [-0.15, -0.1) is 0 Å². The van der Waals surface area contributed by atoms with Crippen LogP contribution in [-0.4, -0.2) is 19.7 Å². The van der Waals surface area contributed by atoms with Crippen molar-refractivity contribution in [2.24, 2.45) is 0 Å². The lowest BCUT2D eigenvalue weighted by Gasteiger charge is -2.14. The van der Waals surface area contributed by atoms with Gasteiger partial charge in [0, 0.05) is 27.8 Å². The Morgan fingerprint density at radius 1 is 0.968 bits per heavy atom. The number of benzene rings is 3. The Balaban J connectivity index is 1.61. The van der Waals surface area contributed by atoms with E-state index in [9.17, 15) is 4.79 Å². The Kier molecular flexibility index (Phi) is 8.04. The van der Waals surface area contributed by atoms with Gasteiger partial charge in [0.25, 0.3) is 0 Å². The van der Waals surface area contributed by atoms with Crippen molar-refractivity contribution < 1.29 is 19.0 Å². The van der Waals surface area contributed by atoms with Crippen LogP contribution in [0.2, 0.25) is 10.0 Å². The summed E-state index contributed by atoms with van der Waals surface area (Å²) >= 11 is 12.1. The first-order chi connectivity index (χ1) is 15.0. The first kappa shape index (κ1) is 22.8. The van der Waals surface area contributed by atoms with Gasteiger partial charge in [0.1, 0.15) is 6.61 Å². The van der Waals surface area contributed by atoms with E-state index in [1.54, 1.807) is 38.3 Å². The van der Waals surface area contributed by atoms with Gasteiger partial charge >= 0.3 is 5.97 Å². The molecule has 3 aromatic rings. The van der Waals surface area contributed by atoms with Gasteiger partial charge in [0.15, 0.2) is 11.5 Å². The van der Waals surface area contributed by atoms with Crippen LogP contribution in [-0.2, 0) is 17.9 Å². The highest BCUT2D eigenvalue weighted by Gasteiger charge is 2.09. The lowest BCUT2D eigenvalue weighted by molar-refractivity contribution is 0.0526. The standard InChI is InChI=1S/C24H23Cl2NO4/c1-3-30-24(28)17-6-9-20(10-7-17)27-14-16-4-11-22(23(12-16)29-2)31-15-18-5-8-19(25)13-21(18)26/h4-13,27H,3,14-15H2,1-2H3. The number of hydrogen-bond acceptors (Lipinski definition) is 5. The molecule has 0 aliphatic rings. The van der Waals surface area contributed by atoms with E-state index in [0.29, 0.717) is 46.9 Å². The van der Waals surface area contributed by atoms with Gasteiger partial charge in [-0.05, 0) is 61.0 Å². The van der Waals surface area contributed by atoms with E-state index >= 15 is 0 Å². The molecule has 0 spiro atoms. The number of nitrogens with one attached hydrogen (secondary N) is 1. The highest BCUT2D eigenvalue weighted by molar-refractivity contribution is 6.35. The molecule has 0 amide bonds. The fourth-order valence-corrected chi connectivity index (χ4v) is 3.34. The van der Waals surface area contributed by atoms with Gasteiger partial charge in [-0.2, -0.15) is 0 Å². The molecule has 0 fully saturated rings. The second kappa shape index (κ2) is 10.9. The summed E-state index contributed by atoms with van der Waals surface area (Å²) in [5, 5.41) is 4.46. The van der Waals surface area contributed by atoms with Crippen LogP contribution < -0.4 is 14.8 Å². The average Bonchev–Trinajstić information content (AvgIpc) is 2.78. The maximum atomic E-state index is 11.7. The summed E-state index contributed by atoms with van der Waals surface area (Å²) in [7, 11) is 1.60. The number of ether oxygens (including phenoxy) is 3. The molecule has 0 saturated heterocycles. The molecular formula is C24H23Cl2NO4. The molecule has 0 saturated carbocycles. The Labute approximate surface area is 191 Å². The molecule has 0 unspecified atom stereocenters. The fourth-order valence-electron chi connectivity index (χ4n) is 2.88. The summed E-state index contributed by atoms with van der Waals surface area (Å²) in [6, 6.07) is 18.2. The zero-order valence-corrected chi connectivity index (χ0v) is 18.8. The largest absolute Gasteiger partial charge is 0.493 e. The Morgan fingerprint density at radius 2 is 1.74 bits per heavy atom. The number of halogens is 2. The first-order valence-electron chi connectivity index (χ1n) is 9.75. The summed E-state index contributed by atoms with van der Waals surface area (Å²) in [5.74, 6) is 0.923. The van der Waals surface area contributed by atoms with Crippen molar-refractivity contribution in [3.8, 4) is 11.5 Å². The number of rotatable bonds is 9. The Morgan fingerprint density at radius 3 is 2.42 bits per heavy atom. The second-order valence-corrected chi connectivity index (χ2v) is 7.50. The third-order valence-corrected chi connectivity index (χ3v) is 5.11. The van der Waals surface area contributed by atoms with E-state index in [4.69, 9.17) is 37.4 Å². The van der Waals surface area contributed by atoms with Gasteiger partial charge in [0.05, 0.1) is 19.3 Å². The molecule has 0 heterocycles. The van der Waals surface area contributed by atoms with Crippen molar-refractivity contribution in [1.82, 2.24) is 0 Å².